The van der Waals surface area contributed by atoms with Crippen LogP contribution in [0.25, 0.3) is 0 Å². The Labute approximate surface area is 72.4 Å². The highest BCUT2D eigenvalue weighted by molar-refractivity contribution is 4.58. The van der Waals surface area contributed by atoms with Crippen molar-refractivity contribution in [3.8, 4) is 0 Å². The molecule has 0 aromatic rings. The lowest BCUT2D eigenvalue weighted by atomic mass is 9.98. The molecule has 1 unspecified atom stereocenters. The molecule has 0 aliphatic carbocycles. The second-order valence-corrected chi connectivity index (χ2v) is 3.95. The molecular formula is C11H23. The molecule has 11 heavy (non-hydrogen) atoms. The standard InChI is InChI=1S/C11H23/c1-5-11(4)9-7-6-8-10(2)3/h10-11H,4-9H2,1-3H3. The first-order valence-corrected chi connectivity index (χ1v) is 4.99. The molecule has 0 aliphatic heterocycles. The second kappa shape index (κ2) is 6.69. The third-order valence-corrected chi connectivity index (χ3v) is 2.22. The number of unbranched alkanes of at least 4 members (excludes halogenated alkanes) is 1. The van der Waals surface area contributed by atoms with Gasteiger partial charge in [-0.15, -0.1) is 0 Å². The van der Waals surface area contributed by atoms with Gasteiger partial charge in [0, 0.05) is 0 Å². The Morgan fingerprint density at radius 3 is 2.09 bits per heavy atom. The third kappa shape index (κ3) is 7.90. The smallest absolute Gasteiger partial charge is 0.0417 e. The molecule has 0 rings (SSSR count). The Balaban J connectivity index is 3.01. The highest BCUT2D eigenvalue weighted by Crippen LogP contribution is 2.14. The molecule has 0 aliphatic rings. The quantitative estimate of drug-likeness (QED) is 0.507. The zero-order chi connectivity index (χ0) is 8.69. The van der Waals surface area contributed by atoms with E-state index in [0.717, 1.165) is 5.92 Å². The van der Waals surface area contributed by atoms with Crippen molar-refractivity contribution < 1.29 is 0 Å². The molecule has 0 amide bonds. The molecule has 0 saturated heterocycles. The number of hydrogen-bond acceptors (Lipinski definition) is 0. The fourth-order valence-corrected chi connectivity index (χ4v) is 1.19. The second-order valence-electron chi connectivity index (χ2n) is 3.95. The maximum Gasteiger partial charge on any atom is -0.0417 e. The minimum absolute atomic E-state index is 0.696. The molecule has 0 heteroatoms. The van der Waals surface area contributed by atoms with Crippen molar-refractivity contribution >= 4 is 0 Å². The van der Waals surface area contributed by atoms with E-state index in [2.05, 4.69) is 27.7 Å². The molecule has 0 aromatic heterocycles. The van der Waals surface area contributed by atoms with Crippen LogP contribution in [0, 0.1) is 18.8 Å². The molecule has 0 aromatic carbocycles. The minimum Gasteiger partial charge on any atom is -0.0651 e. The molecule has 0 nitrogen and oxygen atoms in total. The van der Waals surface area contributed by atoms with Gasteiger partial charge in [0.25, 0.3) is 0 Å². The van der Waals surface area contributed by atoms with Gasteiger partial charge < -0.3 is 0 Å². The zero-order valence-electron chi connectivity index (χ0n) is 8.40. The van der Waals surface area contributed by atoms with Gasteiger partial charge >= 0.3 is 0 Å². The summed E-state index contributed by atoms with van der Waals surface area (Å²) in [6, 6.07) is 0. The summed E-state index contributed by atoms with van der Waals surface area (Å²) >= 11 is 0. The van der Waals surface area contributed by atoms with Gasteiger partial charge in [-0.2, -0.15) is 0 Å². The summed E-state index contributed by atoms with van der Waals surface area (Å²) in [6.07, 6.45) is 6.71. The van der Waals surface area contributed by atoms with Gasteiger partial charge in [0.1, 0.15) is 0 Å². The fourth-order valence-electron chi connectivity index (χ4n) is 1.19. The summed E-state index contributed by atoms with van der Waals surface area (Å²) in [7, 11) is 0. The molecule has 67 valence electrons. The molecule has 1 atom stereocenters. The van der Waals surface area contributed by atoms with E-state index in [9.17, 15) is 0 Å². The van der Waals surface area contributed by atoms with E-state index in [1.165, 1.54) is 32.1 Å². The van der Waals surface area contributed by atoms with Crippen LogP contribution in [-0.4, -0.2) is 0 Å². The van der Waals surface area contributed by atoms with Gasteiger partial charge in [-0.3, -0.25) is 0 Å². The van der Waals surface area contributed by atoms with Crippen LogP contribution >= 0.6 is 0 Å². The molecule has 0 N–H and O–H groups in total. The topological polar surface area (TPSA) is 0 Å². The van der Waals surface area contributed by atoms with E-state index < -0.39 is 0 Å². The first-order valence-electron chi connectivity index (χ1n) is 4.99. The normalized spacial score (nSPS) is 13.9. The highest BCUT2D eigenvalue weighted by atomic mass is 14.0. The Kier molecular flexibility index (Phi) is 6.69. The van der Waals surface area contributed by atoms with Crippen LogP contribution < -0.4 is 0 Å². The van der Waals surface area contributed by atoms with Crippen LogP contribution in [0.5, 0.6) is 0 Å². The lowest BCUT2D eigenvalue weighted by Crippen LogP contribution is -1.93. The predicted molar refractivity (Wildman–Crippen MR) is 52.4 cm³/mol. The maximum atomic E-state index is 4.07. The Bertz CT molecular complexity index is 74.1. The number of hydrogen-bond donors (Lipinski definition) is 0. The first-order chi connectivity index (χ1) is 5.16. The van der Waals surface area contributed by atoms with Crippen molar-refractivity contribution in [2.45, 2.75) is 52.9 Å². The zero-order valence-corrected chi connectivity index (χ0v) is 8.40. The van der Waals surface area contributed by atoms with E-state index in [-0.39, 0.29) is 0 Å². The van der Waals surface area contributed by atoms with Crippen LogP contribution in [0.3, 0.4) is 0 Å². The lowest BCUT2D eigenvalue weighted by molar-refractivity contribution is 0.479. The van der Waals surface area contributed by atoms with Crippen molar-refractivity contribution in [3.05, 3.63) is 6.92 Å². The largest absolute Gasteiger partial charge is 0.0651 e. The van der Waals surface area contributed by atoms with E-state index in [1.54, 1.807) is 0 Å². The Morgan fingerprint density at radius 2 is 1.64 bits per heavy atom. The van der Waals surface area contributed by atoms with Crippen LogP contribution in [0.4, 0.5) is 0 Å². The van der Waals surface area contributed by atoms with Crippen molar-refractivity contribution in [1.29, 1.82) is 0 Å². The Morgan fingerprint density at radius 1 is 1.09 bits per heavy atom. The Hall–Kier alpha value is 0. The highest BCUT2D eigenvalue weighted by Gasteiger charge is 1.99. The van der Waals surface area contributed by atoms with E-state index in [1.807, 2.05) is 0 Å². The molecule has 0 saturated carbocycles. The van der Waals surface area contributed by atoms with Crippen LogP contribution in [0.15, 0.2) is 0 Å². The summed E-state index contributed by atoms with van der Waals surface area (Å²) < 4.78 is 0. The summed E-state index contributed by atoms with van der Waals surface area (Å²) in [4.78, 5) is 0. The van der Waals surface area contributed by atoms with Gasteiger partial charge in [-0.25, -0.2) is 0 Å². The van der Waals surface area contributed by atoms with Crippen LogP contribution in [-0.2, 0) is 0 Å². The van der Waals surface area contributed by atoms with Gasteiger partial charge in [0.15, 0.2) is 0 Å². The monoisotopic (exact) mass is 155 g/mol. The molecule has 0 heterocycles. The van der Waals surface area contributed by atoms with Crippen molar-refractivity contribution in [3.63, 3.8) is 0 Å². The average Bonchev–Trinajstić information content (AvgIpc) is 1.97. The van der Waals surface area contributed by atoms with Crippen molar-refractivity contribution in [2.24, 2.45) is 11.8 Å². The molecular weight excluding hydrogens is 132 g/mol. The fraction of sp³-hybridized carbons (Fsp3) is 0.909. The average molecular weight is 155 g/mol. The summed E-state index contributed by atoms with van der Waals surface area (Å²) in [5.41, 5.74) is 0. The summed E-state index contributed by atoms with van der Waals surface area (Å²) in [5.74, 6) is 1.57. The van der Waals surface area contributed by atoms with Gasteiger partial charge in [0.05, 0.1) is 0 Å². The molecule has 0 bridgehead atoms. The first kappa shape index (κ1) is 11.0. The van der Waals surface area contributed by atoms with E-state index >= 15 is 0 Å². The predicted octanol–water partition coefficient (Wildman–Crippen LogP) is 4.06. The van der Waals surface area contributed by atoms with Crippen LogP contribution in [0.1, 0.15) is 52.9 Å². The molecule has 1 radical (unpaired) electrons. The number of rotatable bonds is 6. The van der Waals surface area contributed by atoms with Crippen molar-refractivity contribution in [2.75, 3.05) is 0 Å². The third-order valence-electron chi connectivity index (χ3n) is 2.22. The van der Waals surface area contributed by atoms with E-state index in [4.69, 9.17) is 0 Å². The van der Waals surface area contributed by atoms with E-state index in [0.29, 0.717) is 5.92 Å². The van der Waals surface area contributed by atoms with Gasteiger partial charge in [-0.1, -0.05) is 59.8 Å². The minimum atomic E-state index is 0.696. The van der Waals surface area contributed by atoms with Gasteiger partial charge in [0.2, 0.25) is 0 Å². The lowest BCUT2D eigenvalue weighted by Gasteiger charge is -2.08. The SMILES string of the molecule is [CH2]C(CC)CCCCC(C)C. The molecule has 0 spiro atoms. The van der Waals surface area contributed by atoms with Crippen molar-refractivity contribution in [1.82, 2.24) is 0 Å². The molecule has 0 fully saturated rings. The van der Waals surface area contributed by atoms with Gasteiger partial charge in [-0.05, 0) is 11.8 Å². The summed E-state index contributed by atoms with van der Waals surface area (Å²) in [5, 5.41) is 0. The summed E-state index contributed by atoms with van der Waals surface area (Å²) in [6.45, 7) is 10.9. The maximum absolute atomic E-state index is 4.07. The van der Waals surface area contributed by atoms with Crippen LogP contribution in [0.2, 0.25) is 0 Å².